The van der Waals surface area contributed by atoms with Crippen LogP contribution >= 0.6 is 8.86 Å². The Kier molecular flexibility index (Phi) is 11.7. The minimum Gasteiger partial charge on any atom is -0.381 e. The van der Waals surface area contributed by atoms with E-state index in [0.29, 0.717) is 12.8 Å². The number of hydrogen-bond donors (Lipinski definition) is 1. The van der Waals surface area contributed by atoms with Crippen LogP contribution in [0.1, 0.15) is 69.7 Å². The molecule has 0 saturated carbocycles. The molecule has 0 fully saturated rings. The fraction of sp³-hybridized carbons (Fsp3) is 0.370. The van der Waals surface area contributed by atoms with Gasteiger partial charge in [-0.3, -0.25) is 4.79 Å². The summed E-state index contributed by atoms with van der Waals surface area (Å²) in [4.78, 5) is 21.1. The number of nitrogens with one attached hydrogen (secondary N) is 1. The van der Waals surface area contributed by atoms with Gasteiger partial charge in [-0.05, 0) is 61.2 Å². The lowest BCUT2D eigenvalue weighted by molar-refractivity contribution is -0.121. The fourth-order valence-electron chi connectivity index (χ4n) is 3.14. The molecule has 2 rings (SSSR count). The van der Waals surface area contributed by atoms with Crippen molar-refractivity contribution in [2.24, 2.45) is 5.92 Å². The zero-order valence-corrected chi connectivity index (χ0v) is 20.5. The summed E-state index contributed by atoms with van der Waals surface area (Å²) in [5, 5.41) is 4.61. The van der Waals surface area contributed by atoms with Gasteiger partial charge in [0.25, 0.3) is 0 Å². The number of benzene rings is 2. The SMILES string of the molecule is C=C(NCc1cccc(C(C)=P)c1CC)c1ccccc1.CC(=O)CCC(C)C(C)=O. The second-order valence-electron chi connectivity index (χ2n) is 7.87. The molecule has 4 heteroatoms. The third-order valence-corrected chi connectivity index (χ3v) is 5.54. The lowest BCUT2D eigenvalue weighted by atomic mass is 9.97. The second-order valence-corrected chi connectivity index (χ2v) is 8.62. The van der Waals surface area contributed by atoms with Gasteiger partial charge in [0.15, 0.2) is 0 Å². The molecule has 3 nitrogen and oxygen atoms in total. The van der Waals surface area contributed by atoms with E-state index in [-0.39, 0.29) is 17.5 Å². The highest BCUT2D eigenvalue weighted by Gasteiger charge is 2.08. The van der Waals surface area contributed by atoms with Gasteiger partial charge < -0.3 is 10.1 Å². The smallest absolute Gasteiger partial charge is 0.132 e. The van der Waals surface area contributed by atoms with Crippen LogP contribution in [0.3, 0.4) is 0 Å². The highest BCUT2D eigenvalue weighted by atomic mass is 31.0. The molecule has 0 heterocycles. The van der Waals surface area contributed by atoms with E-state index < -0.39 is 0 Å². The lowest BCUT2D eigenvalue weighted by Crippen LogP contribution is -2.13. The predicted octanol–water partition coefficient (Wildman–Crippen LogP) is 6.27. The molecule has 0 spiro atoms. The minimum atomic E-state index is 0.0453. The maximum atomic E-state index is 10.6. The molecule has 31 heavy (non-hydrogen) atoms. The van der Waals surface area contributed by atoms with Gasteiger partial charge >= 0.3 is 0 Å². The molecule has 2 aromatic rings. The van der Waals surface area contributed by atoms with Crippen molar-refractivity contribution in [1.82, 2.24) is 5.32 Å². The van der Waals surface area contributed by atoms with Gasteiger partial charge in [0.2, 0.25) is 0 Å². The first-order valence-corrected chi connectivity index (χ1v) is 11.3. The van der Waals surface area contributed by atoms with Gasteiger partial charge in [-0.1, -0.05) is 69.0 Å². The first kappa shape index (κ1) is 26.5. The Morgan fingerprint density at radius 2 is 1.68 bits per heavy atom. The van der Waals surface area contributed by atoms with Crippen LogP contribution in [-0.4, -0.2) is 16.9 Å². The van der Waals surface area contributed by atoms with Crippen molar-refractivity contribution in [1.29, 1.82) is 0 Å². The summed E-state index contributed by atoms with van der Waals surface area (Å²) in [6.07, 6.45) is 2.25. The number of Topliss-reactive ketones (excluding diaryl/α,β-unsaturated/α-hetero) is 2. The van der Waals surface area contributed by atoms with Gasteiger partial charge in [-0.15, -0.1) is 8.86 Å². The monoisotopic (exact) mass is 437 g/mol. The lowest BCUT2D eigenvalue weighted by Gasteiger charge is -2.15. The van der Waals surface area contributed by atoms with Crippen molar-refractivity contribution in [3.8, 4) is 0 Å². The molecule has 2 aromatic carbocycles. The summed E-state index contributed by atoms with van der Waals surface area (Å²) in [7, 11) is 3.66. The molecule has 0 radical (unpaired) electrons. The summed E-state index contributed by atoms with van der Waals surface area (Å²) in [5.74, 6) is 0.373. The van der Waals surface area contributed by atoms with Crippen LogP contribution in [0.4, 0.5) is 0 Å². The van der Waals surface area contributed by atoms with Crippen LogP contribution in [0.25, 0.3) is 5.70 Å². The van der Waals surface area contributed by atoms with Crippen LogP contribution in [0.5, 0.6) is 0 Å². The molecule has 0 saturated heterocycles. The summed E-state index contributed by atoms with van der Waals surface area (Å²) in [5.41, 5.74) is 6.10. The molecule has 0 aromatic heterocycles. The number of rotatable bonds is 10. The third kappa shape index (κ3) is 9.44. The molecule has 0 amide bonds. The van der Waals surface area contributed by atoms with Crippen molar-refractivity contribution >= 4 is 31.4 Å². The van der Waals surface area contributed by atoms with E-state index in [1.807, 2.05) is 25.1 Å². The largest absolute Gasteiger partial charge is 0.381 e. The topological polar surface area (TPSA) is 46.2 Å². The molecule has 0 aliphatic carbocycles. The van der Waals surface area contributed by atoms with Gasteiger partial charge in [-0.2, -0.15) is 0 Å². The van der Waals surface area contributed by atoms with E-state index in [1.54, 1.807) is 13.8 Å². The fourth-order valence-corrected chi connectivity index (χ4v) is 3.37. The molecule has 1 N–H and O–H groups in total. The number of hydrogen-bond acceptors (Lipinski definition) is 3. The summed E-state index contributed by atoms with van der Waals surface area (Å²) < 4.78 is 0. The molecule has 0 aliphatic heterocycles. The van der Waals surface area contributed by atoms with Crippen molar-refractivity contribution in [2.75, 3.05) is 0 Å². The Labute approximate surface area is 190 Å². The van der Waals surface area contributed by atoms with E-state index in [4.69, 9.17) is 0 Å². The molecular weight excluding hydrogens is 401 g/mol. The van der Waals surface area contributed by atoms with Crippen molar-refractivity contribution in [3.63, 3.8) is 0 Å². The molecule has 1 unspecified atom stereocenters. The van der Waals surface area contributed by atoms with E-state index in [9.17, 15) is 9.59 Å². The van der Waals surface area contributed by atoms with Crippen LogP contribution in [0, 0.1) is 5.92 Å². The van der Waals surface area contributed by atoms with E-state index in [2.05, 4.69) is 64.9 Å². The van der Waals surface area contributed by atoms with E-state index in [0.717, 1.165) is 24.2 Å². The quantitative estimate of drug-likeness (QED) is 0.445. The van der Waals surface area contributed by atoms with Gasteiger partial charge in [0.1, 0.15) is 11.6 Å². The molecular formula is C27H36NO2P. The third-order valence-electron chi connectivity index (χ3n) is 5.27. The average Bonchev–Trinajstić information content (AvgIpc) is 2.76. The summed E-state index contributed by atoms with van der Waals surface area (Å²) in [6, 6.07) is 16.7. The first-order valence-electron chi connectivity index (χ1n) is 10.8. The number of ketones is 2. The average molecular weight is 438 g/mol. The van der Waals surface area contributed by atoms with E-state index in [1.165, 1.54) is 22.0 Å². The Hall–Kier alpha value is -2.51. The standard InChI is InChI=1S/C19H22NP.C8H14O2/c1-4-18-17(11-8-12-19(18)15(3)21)13-20-14(2)16-9-6-5-7-10-16;1-6(8(3)10)4-5-7(2)9/h5-12,20-21H,2,4,13H2,1,3H3;6H,4-5H2,1-3H3. The maximum Gasteiger partial charge on any atom is 0.132 e. The van der Waals surface area contributed by atoms with Crippen LogP contribution in [0.15, 0.2) is 55.1 Å². The van der Waals surface area contributed by atoms with Crippen LogP contribution < -0.4 is 5.32 Å². The van der Waals surface area contributed by atoms with Crippen molar-refractivity contribution in [2.45, 2.75) is 60.4 Å². The zero-order chi connectivity index (χ0) is 23.4. The zero-order valence-electron chi connectivity index (χ0n) is 19.5. The molecule has 1 atom stereocenters. The van der Waals surface area contributed by atoms with Gasteiger partial charge in [0.05, 0.1) is 0 Å². The Morgan fingerprint density at radius 1 is 1.03 bits per heavy atom. The summed E-state index contributed by atoms with van der Waals surface area (Å²) >= 11 is 0. The molecule has 0 bridgehead atoms. The maximum absolute atomic E-state index is 10.6. The number of carbonyl (C=O) groups is 2. The normalized spacial score (nSPS) is 11.0. The minimum absolute atomic E-state index is 0.0453. The highest BCUT2D eigenvalue weighted by molar-refractivity contribution is 7.22. The van der Waals surface area contributed by atoms with E-state index >= 15 is 0 Å². The predicted molar refractivity (Wildman–Crippen MR) is 136 cm³/mol. The molecule has 0 aliphatic rings. The number of carbonyl (C=O) groups excluding carboxylic acids is 2. The van der Waals surface area contributed by atoms with Crippen LogP contribution in [0.2, 0.25) is 0 Å². The summed E-state index contributed by atoms with van der Waals surface area (Å²) in [6.45, 7) is 14.2. The Morgan fingerprint density at radius 3 is 2.19 bits per heavy atom. The van der Waals surface area contributed by atoms with Crippen LogP contribution in [-0.2, 0) is 22.6 Å². The van der Waals surface area contributed by atoms with Gasteiger partial charge in [0, 0.05) is 24.6 Å². The Balaban J connectivity index is 0.000000407. The van der Waals surface area contributed by atoms with Gasteiger partial charge in [-0.25, -0.2) is 0 Å². The highest BCUT2D eigenvalue weighted by Crippen LogP contribution is 2.19. The van der Waals surface area contributed by atoms with Crippen molar-refractivity contribution < 1.29 is 9.59 Å². The second kappa shape index (κ2) is 13.7. The first-order chi connectivity index (χ1) is 14.7. The van der Waals surface area contributed by atoms with Crippen molar-refractivity contribution in [3.05, 3.63) is 77.4 Å². The molecule has 166 valence electrons. The Bertz CT molecular complexity index is 903.